The van der Waals surface area contributed by atoms with Crippen LogP contribution in [0, 0.1) is 0 Å². The van der Waals surface area contributed by atoms with E-state index < -0.39 is 6.09 Å². The minimum atomic E-state index is -0.643. The fourth-order valence-corrected chi connectivity index (χ4v) is 7.85. The van der Waals surface area contributed by atoms with Gasteiger partial charge in [0.25, 0.3) is 0 Å². The Hall–Kier alpha value is -5.92. The van der Waals surface area contributed by atoms with E-state index in [-0.39, 0.29) is 43.0 Å². The van der Waals surface area contributed by atoms with Gasteiger partial charge in [0.2, 0.25) is 18.2 Å². The van der Waals surface area contributed by atoms with E-state index in [2.05, 4.69) is 66.7 Å². The van der Waals surface area contributed by atoms with Crippen LogP contribution in [0.25, 0.3) is 44.2 Å². The number of carbonyl (C=O) groups is 4. The average Bonchev–Trinajstić information content (AvgIpc) is 3.97. The fourth-order valence-electron chi connectivity index (χ4n) is 7.85. The highest BCUT2D eigenvalue weighted by Gasteiger charge is 2.37. The van der Waals surface area contributed by atoms with Gasteiger partial charge in [-0.1, -0.05) is 18.2 Å². The summed E-state index contributed by atoms with van der Waals surface area (Å²) in [5.74, 6) is 1.93. The molecule has 14 nitrogen and oxygen atoms in total. The number of ether oxygens (including phenoxy) is 2. The summed E-state index contributed by atoms with van der Waals surface area (Å²) >= 11 is 0. The Kier molecular flexibility index (Phi) is 8.28. The highest BCUT2D eigenvalue weighted by molar-refractivity contribution is 6.07. The zero-order valence-electron chi connectivity index (χ0n) is 28.3. The first-order valence-corrected chi connectivity index (χ1v) is 17.2. The molecule has 0 saturated carbocycles. The van der Waals surface area contributed by atoms with E-state index in [0.717, 1.165) is 87.0 Å². The van der Waals surface area contributed by atoms with Crippen molar-refractivity contribution in [1.29, 1.82) is 0 Å². The third kappa shape index (κ3) is 5.79. The van der Waals surface area contributed by atoms with Crippen LogP contribution in [0.5, 0.6) is 5.75 Å². The fraction of sp³-hybridized carbons (Fsp3) is 0.351. The second-order valence-electron chi connectivity index (χ2n) is 13.3. The van der Waals surface area contributed by atoms with Crippen LogP contribution < -0.4 is 15.4 Å². The molecule has 4 N–H and O–H groups in total. The molecule has 2 fully saturated rings. The lowest BCUT2D eigenvalue weighted by molar-refractivity contribution is -0.133. The minimum Gasteiger partial charge on any atom is -0.488 e. The van der Waals surface area contributed by atoms with Gasteiger partial charge in [-0.25, -0.2) is 14.8 Å². The lowest BCUT2D eigenvalue weighted by Crippen LogP contribution is -2.43. The number of benzene rings is 3. The number of hydrogen-bond donors (Lipinski definition) is 4. The molecule has 0 unspecified atom stereocenters. The molecule has 14 heteroatoms. The summed E-state index contributed by atoms with van der Waals surface area (Å²) in [7, 11) is 1.27. The molecule has 0 radical (unpaired) electrons. The summed E-state index contributed by atoms with van der Waals surface area (Å²) < 4.78 is 11.0. The predicted octanol–water partition coefficient (Wildman–Crippen LogP) is 4.48. The van der Waals surface area contributed by atoms with E-state index in [4.69, 9.17) is 9.72 Å². The Labute approximate surface area is 292 Å². The topological polar surface area (TPSA) is 175 Å². The molecule has 3 aromatic carbocycles. The van der Waals surface area contributed by atoms with Gasteiger partial charge in [-0.05, 0) is 78.9 Å². The summed E-state index contributed by atoms with van der Waals surface area (Å²) in [5, 5.41) is 6.97. The smallest absolute Gasteiger partial charge is 0.407 e. The molecular formula is C37H38N8O6. The standard InChI is InChI=1S/C37H38N8O6/c1-20-5-10-30(45(20)33(48)17-40-37(49)50-2)36-41-27-9-7-21-13-26-24-8-6-22(12-23(24)18-51-31(26)14-25(21)34(27)43-36)28-15-39-35(42-28)29-4-3-11-44(29)32(47)16-38-19-46/h6-9,12-15,19-20,29-30H,3-5,10-11,16-18H2,1-2H3,(H,38,46)(H,39,42)(H,40,49)(H,41,43)/t20-,29-,30-/m0/s1. The molecule has 5 heterocycles. The quantitative estimate of drug-likeness (QED) is 0.172. The van der Waals surface area contributed by atoms with Crippen LogP contribution in [0.15, 0.2) is 48.7 Å². The van der Waals surface area contributed by atoms with Crippen LogP contribution in [0.4, 0.5) is 4.79 Å². The highest BCUT2D eigenvalue weighted by Crippen LogP contribution is 2.43. The van der Waals surface area contributed by atoms with E-state index in [1.165, 1.54) is 7.11 Å². The largest absolute Gasteiger partial charge is 0.488 e. The van der Waals surface area contributed by atoms with Crippen molar-refractivity contribution in [3.8, 4) is 28.1 Å². The van der Waals surface area contributed by atoms with Crippen molar-refractivity contribution < 1.29 is 28.7 Å². The molecule has 5 aromatic rings. The molecule has 262 valence electrons. The minimum absolute atomic E-state index is 0.00857. The molecule has 4 amide bonds. The summed E-state index contributed by atoms with van der Waals surface area (Å²) in [6.07, 6.45) is 4.98. The summed E-state index contributed by atoms with van der Waals surface area (Å²) in [6, 6.07) is 14.2. The van der Waals surface area contributed by atoms with Crippen molar-refractivity contribution in [1.82, 2.24) is 40.4 Å². The Balaban J connectivity index is 1.05. The number of likely N-dealkylation sites (tertiary alicyclic amines) is 2. The Bertz CT molecular complexity index is 2190. The van der Waals surface area contributed by atoms with Crippen molar-refractivity contribution in [3.63, 3.8) is 0 Å². The highest BCUT2D eigenvalue weighted by atomic mass is 16.5. The number of aromatic nitrogens is 4. The number of alkyl carbamates (subject to hydrolysis) is 1. The SMILES string of the molecule is COC(=O)NCC(=O)N1[C@@H](C)CC[C@H]1c1nc2ccc3cc4c(cc3c2[nH]1)OCc1cc(-c2cnc([C@@H]3CCCN3C(=O)CNC=O)[nH]2)ccc1-4. The zero-order valence-corrected chi connectivity index (χ0v) is 28.3. The number of methoxy groups -OCH3 is 1. The van der Waals surface area contributed by atoms with E-state index in [9.17, 15) is 19.2 Å². The maximum absolute atomic E-state index is 13.1. The van der Waals surface area contributed by atoms with E-state index >= 15 is 0 Å². The number of amides is 4. The molecule has 0 aliphatic carbocycles. The van der Waals surface area contributed by atoms with Crippen LogP contribution in [-0.4, -0.2) is 86.8 Å². The summed E-state index contributed by atoms with van der Waals surface area (Å²) in [5.41, 5.74) is 6.67. The van der Waals surface area contributed by atoms with Crippen molar-refractivity contribution in [3.05, 3.63) is 65.9 Å². The van der Waals surface area contributed by atoms with E-state index in [1.807, 2.05) is 13.0 Å². The second kappa shape index (κ2) is 13.1. The first-order valence-electron chi connectivity index (χ1n) is 17.2. The Morgan fingerprint density at radius 3 is 2.73 bits per heavy atom. The van der Waals surface area contributed by atoms with Crippen LogP contribution in [0.3, 0.4) is 0 Å². The maximum Gasteiger partial charge on any atom is 0.407 e. The molecule has 0 spiro atoms. The predicted molar refractivity (Wildman–Crippen MR) is 187 cm³/mol. The first kappa shape index (κ1) is 32.3. The third-order valence-electron chi connectivity index (χ3n) is 10.3. The van der Waals surface area contributed by atoms with E-state index in [0.29, 0.717) is 25.4 Å². The zero-order chi connectivity index (χ0) is 35.2. The van der Waals surface area contributed by atoms with Crippen molar-refractivity contribution in [2.24, 2.45) is 0 Å². The van der Waals surface area contributed by atoms with Gasteiger partial charge < -0.3 is 39.9 Å². The lowest BCUT2D eigenvalue weighted by Gasteiger charge is -2.27. The van der Waals surface area contributed by atoms with Gasteiger partial charge in [0.1, 0.15) is 30.5 Å². The van der Waals surface area contributed by atoms with E-state index in [1.54, 1.807) is 16.0 Å². The molecule has 3 aliphatic rings. The van der Waals surface area contributed by atoms with Crippen LogP contribution in [0.1, 0.15) is 61.9 Å². The molecule has 0 bridgehead atoms. The molecule has 51 heavy (non-hydrogen) atoms. The number of nitrogens with zero attached hydrogens (tertiary/aromatic N) is 4. The van der Waals surface area contributed by atoms with Gasteiger partial charge in [0, 0.05) is 23.5 Å². The molecule has 3 atom stereocenters. The Morgan fingerprint density at radius 2 is 1.88 bits per heavy atom. The lowest BCUT2D eigenvalue weighted by atomic mass is 9.92. The van der Waals surface area contributed by atoms with Crippen molar-refractivity contribution in [2.45, 2.75) is 57.3 Å². The average molecular weight is 691 g/mol. The number of rotatable bonds is 8. The van der Waals surface area contributed by atoms with Gasteiger partial charge in [0.15, 0.2) is 0 Å². The van der Waals surface area contributed by atoms with Gasteiger partial charge in [0.05, 0.1) is 48.7 Å². The number of nitrogens with one attached hydrogen (secondary N) is 4. The molecule has 3 aliphatic heterocycles. The van der Waals surface area contributed by atoms with Crippen LogP contribution in [0.2, 0.25) is 0 Å². The first-order chi connectivity index (χ1) is 24.8. The van der Waals surface area contributed by atoms with Gasteiger partial charge in [-0.2, -0.15) is 0 Å². The third-order valence-corrected chi connectivity index (χ3v) is 10.3. The molecule has 2 saturated heterocycles. The van der Waals surface area contributed by atoms with Crippen LogP contribution >= 0.6 is 0 Å². The van der Waals surface area contributed by atoms with Crippen LogP contribution in [-0.2, 0) is 25.7 Å². The summed E-state index contributed by atoms with van der Waals surface area (Å²) in [6.45, 7) is 2.88. The number of carbonyl (C=O) groups excluding carboxylic acids is 4. The normalized spacial score (nSPS) is 19.5. The maximum atomic E-state index is 13.1. The number of imidazole rings is 2. The molecule has 2 aromatic heterocycles. The number of aromatic amines is 2. The second-order valence-corrected chi connectivity index (χ2v) is 13.3. The van der Waals surface area contributed by atoms with Crippen molar-refractivity contribution >= 4 is 46.1 Å². The van der Waals surface area contributed by atoms with Gasteiger partial charge >= 0.3 is 6.09 Å². The number of hydrogen-bond acceptors (Lipinski definition) is 8. The van der Waals surface area contributed by atoms with Gasteiger partial charge in [-0.3, -0.25) is 14.4 Å². The summed E-state index contributed by atoms with van der Waals surface area (Å²) in [4.78, 5) is 68.2. The number of fused-ring (bicyclic) bond motifs is 6. The molecule has 8 rings (SSSR count). The van der Waals surface area contributed by atoms with Gasteiger partial charge in [-0.15, -0.1) is 0 Å². The monoisotopic (exact) mass is 690 g/mol. The number of H-pyrrole nitrogens is 2. The Morgan fingerprint density at radius 1 is 1.00 bits per heavy atom. The van der Waals surface area contributed by atoms with Crippen molar-refractivity contribution in [2.75, 3.05) is 26.7 Å². The molecular weight excluding hydrogens is 652 g/mol.